The predicted octanol–water partition coefficient (Wildman–Crippen LogP) is 3.23. The second-order valence-electron chi connectivity index (χ2n) is 5.57. The summed E-state index contributed by atoms with van der Waals surface area (Å²) in [6.07, 6.45) is 6.28. The number of hydrogen-bond donors (Lipinski definition) is 1. The molecule has 0 bridgehead atoms. The van der Waals surface area contributed by atoms with E-state index in [0.717, 1.165) is 29.9 Å². The molecule has 112 valence electrons. The lowest BCUT2D eigenvalue weighted by Crippen LogP contribution is -2.12. The van der Waals surface area contributed by atoms with Gasteiger partial charge in [0, 0.05) is 16.8 Å². The third-order valence-corrected chi connectivity index (χ3v) is 5.07. The fourth-order valence-electron chi connectivity index (χ4n) is 2.82. The molecule has 0 unspecified atom stereocenters. The van der Waals surface area contributed by atoms with Gasteiger partial charge in [0.1, 0.15) is 11.3 Å². The van der Waals surface area contributed by atoms with Gasteiger partial charge in [0.25, 0.3) is 5.91 Å². The molecule has 0 atom stereocenters. The minimum Gasteiger partial charge on any atom is -0.304 e. The quantitative estimate of drug-likeness (QED) is 0.790. The number of imidazole rings is 1. The molecule has 0 saturated heterocycles. The van der Waals surface area contributed by atoms with Crippen molar-refractivity contribution in [1.29, 1.82) is 0 Å². The van der Waals surface area contributed by atoms with Crippen molar-refractivity contribution >= 4 is 28.0 Å². The van der Waals surface area contributed by atoms with Crippen LogP contribution in [0.4, 0.5) is 5.13 Å². The van der Waals surface area contributed by atoms with Crippen LogP contribution in [0.2, 0.25) is 0 Å². The van der Waals surface area contributed by atoms with E-state index in [2.05, 4.69) is 15.3 Å². The van der Waals surface area contributed by atoms with Crippen LogP contribution in [-0.2, 0) is 12.8 Å². The SMILES string of the molecule is Cc1cccc2nc(C(=O)Nc3nc4c(s3)CCCC4)cn12. The fourth-order valence-corrected chi connectivity index (χ4v) is 3.87. The van der Waals surface area contributed by atoms with Gasteiger partial charge in [-0.3, -0.25) is 10.1 Å². The highest BCUT2D eigenvalue weighted by molar-refractivity contribution is 7.15. The lowest BCUT2D eigenvalue weighted by molar-refractivity contribution is 0.102. The van der Waals surface area contributed by atoms with Gasteiger partial charge in [-0.2, -0.15) is 0 Å². The molecular weight excluding hydrogens is 296 g/mol. The van der Waals surface area contributed by atoms with Gasteiger partial charge in [0.15, 0.2) is 5.13 Å². The number of aromatic nitrogens is 3. The second kappa shape index (κ2) is 5.21. The van der Waals surface area contributed by atoms with E-state index in [9.17, 15) is 4.79 Å². The number of thiazole rings is 1. The number of anilines is 1. The molecule has 3 aromatic rings. The van der Waals surface area contributed by atoms with Crippen LogP contribution in [0.15, 0.2) is 24.4 Å². The van der Waals surface area contributed by atoms with E-state index in [0.29, 0.717) is 10.8 Å². The number of rotatable bonds is 2. The molecule has 3 aromatic heterocycles. The minimum atomic E-state index is -0.200. The number of hydrogen-bond acceptors (Lipinski definition) is 4. The molecule has 0 spiro atoms. The Morgan fingerprint density at radius 3 is 2.95 bits per heavy atom. The first kappa shape index (κ1) is 13.5. The third kappa shape index (κ3) is 2.29. The highest BCUT2D eigenvalue weighted by atomic mass is 32.1. The Bertz CT molecular complexity index is 841. The molecule has 6 heteroatoms. The van der Waals surface area contributed by atoms with Crippen molar-refractivity contribution in [2.45, 2.75) is 32.6 Å². The van der Waals surface area contributed by atoms with Crippen LogP contribution < -0.4 is 5.32 Å². The molecule has 5 nitrogen and oxygen atoms in total. The number of pyridine rings is 1. The first-order valence-electron chi connectivity index (χ1n) is 7.45. The van der Waals surface area contributed by atoms with Crippen molar-refractivity contribution in [3.05, 3.63) is 46.4 Å². The largest absolute Gasteiger partial charge is 0.304 e. The standard InChI is InChI=1S/C16H16N4OS/c1-10-5-4-8-14-17-12(9-20(10)14)15(21)19-16-18-11-6-2-3-7-13(11)22-16/h4-5,8-9H,2-3,6-7H2,1H3,(H,18,19,21). The normalized spacial score (nSPS) is 14.0. The Morgan fingerprint density at radius 2 is 2.14 bits per heavy atom. The summed E-state index contributed by atoms with van der Waals surface area (Å²) >= 11 is 1.59. The van der Waals surface area contributed by atoms with Gasteiger partial charge < -0.3 is 4.40 Å². The highest BCUT2D eigenvalue weighted by Gasteiger charge is 2.18. The summed E-state index contributed by atoms with van der Waals surface area (Å²) in [6.45, 7) is 1.99. The van der Waals surface area contributed by atoms with Crippen molar-refractivity contribution in [1.82, 2.24) is 14.4 Å². The molecule has 22 heavy (non-hydrogen) atoms. The first-order valence-corrected chi connectivity index (χ1v) is 8.27. The van der Waals surface area contributed by atoms with E-state index >= 15 is 0 Å². The average Bonchev–Trinajstić information content (AvgIpc) is 3.10. The van der Waals surface area contributed by atoms with E-state index in [1.165, 1.54) is 17.7 Å². The number of aryl methyl sites for hydroxylation is 3. The summed E-state index contributed by atoms with van der Waals surface area (Å²) in [7, 11) is 0. The smallest absolute Gasteiger partial charge is 0.277 e. The zero-order valence-electron chi connectivity index (χ0n) is 12.3. The van der Waals surface area contributed by atoms with Gasteiger partial charge in [-0.15, -0.1) is 11.3 Å². The van der Waals surface area contributed by atoms with E-state index in [1.54, 1.807) is 17.5 Å². The average molecular weight is 312 g/mol. The maximum Gasteiger partial charge on any atom is 0.277 e. The van der Waals surface area contributed by atoms with Crippen LogP contribution in [-0.4, -0.2) is 20.3 Å². The molecule has 0 aliphatic heterocycles. The van der Waals surface area contributed by atoms with Crippen LogP contribution in [0.1, 0.15) is 39.6 Å². The summed E-state index contributed by atoms with van der Waals surface area (Å²) in [4.78, 5) is 22.6. The molecular formula is C16H16N4OS. The van der Waals surface area contributed by atoms with Crippen molar-refractivity contribution in [2.24, 2.45) is 0 Å². The zero-order chi connectivity index (χ0) is 15.1. The molecule has 0 radical (unpaired) electrons. The summed E-state index contributed by atoms with van der Waals surface area (Å²) in [6, 6.07) is 5.82. The van der Waals surface area contributed by atoms with Crippen LogP contribution in [0.5, 0.6) is 0 Å². The van der Waals surface area contributed by atoms with E-state index in [4.69, 9.17) is 0 Å². The van der Waals surface area contributed by atoms with E-state index < -0.39 is 0 Å². The van der Waals surface area contributed by atoms with Gasteiger partial charge in [-0.05, 0) is 44.7 Å². The van der Waals surface area contributed by atoms with Gasteiger partial charge >= 0.3 is 0 Å². The lowest BCUT2D eigenvalue weighted by atomic mass is 10.0. The van der Waals surface area contributed by atoms with Crippen molar-refractivity contribution in [2.75, 3.05) is 5.32 Å². The number of nitrogens with one attached hydrogen (secondary N) is 1. The van der Waals surface area contributed by atoms with E-state index in [-0.39, 0.29) is 5.91 Å². The van der Waals surface area contributed by atoms with Crippen LogP contribution in [0.25, 0.3) is 5.65 Å². The maximum atomic E-state index is 12.4. The highest BCUT2D eigenvalue weighted by Crippen LogP contribution is 2.29. The van der Waals surface area contributed by atoms with Gasteiger partial charge in [0.2, 0.25) is 0 Å². The summed E-state index contributed by atoms with van der Waals surface area (Å²) in [5, 5.41) is 3.57. The predicted molar refractivity (Wildman–Crippen MR) is 86.6 cm³/mol. The fraction of sp³-hybridized carbons (Fsp3) is 0.312. The number of nitrogens with zero attached hydrogens (tertiary/aromatic N) is 3. The Hall–Kier alpha value is -2.21. The first-order chi connectivity index (χ1) is 10.7. The molecule has 0 saturated carbocycles. The number of carbonyl (C=O) groups excluding carboxylic acids is 1. The molecule has 3 heterocycles. The summed E-state index contributed by atoms with van der Waals surface area (Å²) < 4.78 is 1.92. The second-order valence-corrected chi connectivity index (χ2v) is 6.66. The molecule has 1 N–H and O–H groups in total. The Morgan fingerprint density at radius 1 is 1.27 bits per heavy atom. The van der Waals surface area contributed by atoms with E-state index in [1.807, 2.05) is 29.5 Å². The van der Waals surface area contributed by atoms with Crippen LogP contribution >= 0.6 is 11.3 Å². The third-order valence-electron chi connectivity index (χ3n) is 3.99. The van der Waals surface area contributed by atoms with Crippen LogP contribution in [0.3, 0.4) is 0 Å². The van der Waals surface area contributed by atoms with Crippen molar-refractivity contribution in [3.63, 3.8) is 0 Å². The number of amides is 1. The molecule has 1 aliphatic carbocycles. The maximum absolute atomic E-state index is 12.4. The van der Waals surface area contributed by atoms with Gasteiger partial charge in [-0.25, -0.2) is 9.97 Å². The summed E-state index contributed by atoms with van der Waals surface area (Å²) in [5.74, 6) is -0.200. The monoisotopic (exact) mass is 312 g/mol. The Balaban J connectivity index is 1.60. The molecule has 1 amide bonds. The van der Waals surface area contributed by atoms with Gasteiger partial charge in [0.05, 0.1) is 5.69 Å². The zero-order valence-corrected chi connectivity index (χ0v) is 13.1. The lowest BCUT2D eigenvalue weighted by Gasteiger charge is -2.06. The molecule has 1 aliphatic rings. The minimum absolute atomic E-state index is 0.200. The topological polar surface area (TPSA) is 59.3 Å². The van der Waals surface area contributed by atoms with Gasteiger partial charge in [-0.1, -0.05) is 6.07 Å². The Labute approximate surface area is 132 Å². The summed E-state index contributed by atoms with van der Waals surface area (Å²) in [5.41, 5.74) is 3.40. The van der Waals surface area contributed by atoms with Crippen molar-refractivity contribution < 1.29 is 4.79 Å². The van der Waals surface area contributed by atoms with Crippen LogP contribution in [0, 0.1) is 6.92 Å². The number of carbonyl (C=O) groups is 1. The molecule has 0 fully saturated rings. The Kier molecular flexibility index (Phi) is 3.18. The molecule has 0 aromatic carbocycles. The number of fused-ring (bicyclic) bond motifs is 2. The van der Waals surface area contributed by atoms with Crippen molar-refractivity contribution in [3.8, 4) is 0 Å². The molecule has 4 rings (SSSR count).